The third-order valence-electron chi connectivity index (χ3n) is 4.25. The first-order chi connectivity index (χ1) is 7.85. The van der Waals surface area contributed by atoms with Crippen molar-refractivity contribution in [2.75, 3.05) is 0 Å². The van der Waals surface area contributed by atoms with Gasteiger partial charge in [0.1, 0.15) is 0 Å². The summed E-state index contributed by atoms with van der Waals surface area (Å²) in [6.45, 7) is 9.72. The molecule has 0 spiro atoms. The van der Waals surface area contributed by atoms with E-state index < -0.39 is 22.3 Å². The number of rotatable bonds is 3. The first-order valence-corrected chi connectivity index (χ1v) is 5.96. The van der Waals surface area contributed by atoms with Gasteiger partial charge in [-0.2, -0.15) is 0 Å². The lowest BCUT2D eigenvalue weighted by atomic mass is 9.73. The summed E-state index contributed by atoms with van der Waals surface area (Å²) in [5, 5.41) is 9.29. The molecule has 1 fully saturated rings. The van der Waals surface area contributed by atoms with Gasteiger partial charge in [0.15, 0.2) is 0 Å². The molecule has 0 aromatic heterocycles. The maximum absolute atomic E-state index is 12.3. The van der Waals surface area contributed by atoms with Crippen molar-refractivity contribution in [3.63, 3.8) is 0 Å². The van der Waals surface area contributed by atoms with E-state index in [0.29, 0.717) is 0 Å². The van der Waals surface area contributed by atoms with Crippen molar-refractivity contribution >= 4 is 17.8 Å². The number of carboxylic acids is 1. The molecular weight excluding hydrogens is 234 g/mol. The SMILES string of the molecule is CC1(C)CC(=O)N(C(C)(C)C(C)(C)C(=O)O)C1=O. The number of carbonyl (C=O) groups is 3. The number of carboxylic acid groups (broad SMARTS) is 1. The maximum Gasteiger partial charge on any atom is 0.311 e. The highest BCUT2D eigenvalue weighted by atomic mass is 16.4. The average molecular weight is 255 g/mol. The molecule has 5 heteroatoms. The second-order valence-corrected chi connectivity index (χ2v) is 6.58. The molecule has 1 rings (SSSR count). The van der Waals surface area contributed by atoms with Crippen LogP contribution in [0.15, 0.2) is 0 Å². The van der Waals surface area contributed by atoms with E-state index >= 15 is 0 Å². The fourth-order valence-corrected chi connectivity index (χ4v) is 2.06. The van der Waals surface area contributed by atoms with Gasteiger partial charge >= 0.3 is 5.97 Å². The Morgan fingerprint density at radius 3 is 1.94 bits per heavy atom. The number of nitrogens with zero attached hydrogens (tertiary/aromatic N) is 1. The monoisotopic (exact) mass is 255 g/mol. The number of imide groups is 1. The van der Waals surface area contributed by atoms with Crippen molar-refractivity contribution in [2.45, 2.75) is 53.5 Å². The number of aliphatic carboxylic acids is 1. The molecule has 0 aromatic carbocycles. The summed E-state index contributed by atoms with van der Waals surface area (Å²) in [6, 6.07) is 0. The first kappa shape index (κ1) is 14.7. The average Bonchev–Trinajstić information content (AvgIpc) is 2.35. The van der Waals surface area contributed by atoms with Crippen LogP contribution in [0.4, 0.5) is 0 Å². The lowest BCUT2D eigenvalue weighted by Crippen LogP contribution is -2.59. The largest absolute Gasteiger partial charge is 0.481 e. The number of amides is 2. The molecule has 0 radical (unpaired) electrons. The predicted molar refractivity (Wildman–Crippen MR) is 65.7 cm³/mol. The minimum atomic E-state index is -1.21. The molecule has 0 atom stereocenters. The summed E-state index contributed by atoms with van der Waals surface area (Å²) in [4.78, 5) is 36.8. The van der Waals surface area contributed by atoms with Crippen LogP contribution in [0.25, 0.3) is 0 Å². The van der Waals surface area contributed by atoms with Gasteiger partial charge in [0.25, 0.3) is 0 Å². The third-order valence-corrected chi connectivity index (χ3v) is 4.25. The molecule has 18 heavy (non-hydrogen) atoms. The molecule has 0 aromatic rings. The Morgan fingerprint density at radius 1 is 1.22 bits per heavy atom. The van der Waals surface area contributed by atoms with E-state index in [0.717, 1.165) is 4.90 Å². The van der Waals surface area contributed by atoms with E-state index in [4.69, 9.17) is 0 Å². The zero-order chi connectivity index (χ0) is 14.5. The topological polar surface area (TPSA) is 74.7 Å². The van der Waals surface area contributed by atoms with Gasteiger partial charge in [-0.1, -0.05) is 13.8 Å². The van der Waals surface area contributed by atoms with E-state index in [1.807, 2.05) is 0 Å². The van der Waals surface area contributed by atoms with Crippen LogP contribution in [0.1, 0.15) is 48.0 Å². The van der Waals surface area contributed by atoms with Gasteiger partial charge in [-0.25, -0.2) is 0 Å². The molecule has 0 bridgehead atoms. The summed E-state index contributed by atoms with van der Waals surface area (Å²) in [5.41, 5.74) is -3.03. The van der Waals surface area contributed by atoms with Gasteiger partial charge < -0.3 is 5.11 Å². The summed E-state index contributed by atoms with van der Waals surface area (Å²) >= 11 is 0. The van der Waals surface area contributed by atoms with Crippen LogP contribution in [-0.2, 0) is 14.4 Å². The van der Waals surface area contributed by atoms with E-state index in [9.17, 15) is 19.5 Å². The van der Waals surface area contributed by atoms with Crippen LogP contribution >= 0.6 is 0 Å². The van der Waals surface area contributed by atoms with Crippen molar-refractivity contribution in [3.8, 4) is 0 Å². The van der Waals surface area contributed by atoms with Crippen molar-refractivity contribution in [2.24, 2.45) is 10.8 Å². The smallest absolute Gasteiger partial charge is 0.311 e. The molecule has 1 aliphatic heterocycles. The molecule has 2 amide bonds. The van der Waals surface area contributed by atoms with Crippen molar-refractivity contribution in [1.29, 1.82) is 0 Å². The molecule has 0 saturated carbocycles. The van der Waals surface area contributed by atoms with Crippen molar-refractivity contribution in [1.82, 2.24) is 4.90 Å². The van der Waals surface area contributed by atoms with E-state index in [-0.39, 0.29) is 18.2 Å². The van der Waals surface area contributed by atoms with Crippen LogP contribution < -0.4 is 0 Å². The molecule has 0 aliphatic carbocycles. The second kappa shape index (κ2) is 3.80. The molecule has 1 saturated heterocycles. The van der Waals surface area contributed by atoms with Crippen molar-refractivity contribution in [3.05, 3.63) is 0 Å². The zero-order valence-electron chi connectivity index (χ0n) is 11.8. The van der Waals surface area contributed by atoms with Gasteiger partial charge in [-0.3, -0.25) is 19.3 Å². The van der Waals surface area contributed by atoms with Crippen molar-refractivity contribution < 1.29 is 19.5 Å². The van der Waals surface area contributed by atoms with Gasteiger partial charge in [0.05, 0.1) is 16.4 Å². The van der Waals surface area contributed by atoms with Crippen LogP contribution in [0, 0.1) is 10.8 Å². The van der Waals surface area contributed by atoms with Gasteiger partial charge in [0.2, 0.25) is 11.8 Å². The van der Waals surface area contributed by atoms with Gasteiger partial charge in [-0.15, -0.1) is 0 Å². The highest BCUT2D eigenvalue weighted by Crippen LogP contribution is 2.43. The van der Waals surface area contributed by atoms with E-state index in [2.05, 4.69) is 0 Å². The predicted octanol–water partition coefficient (Wildman–Crippen LogP) is 1.66. The Labute approximate surface area is 107 Å². The van der Waals surface area contributed by atoms with Crippen LogP contribution in [0.5, 0.6) is 0 Å². The number of hydrogen-bond acceptors (Lipinski definition) is 3. The lowest BCUT2D eigenvalue weighted by molar-refractivity contribution is -0.163. The Morgan fingerprint density at radius 2 is 1.67 bits per heavy atom. The molecular formula is C13H21NO4. The fraction of sp³-hybridized carbons (Fsp3) is 0.769. The quantitative estimate of drug-likeness (QED) is 0.778. The zero-order valence-corrected chi connectivity index (χ0v) is 11.8. The Hall–Kier alpha value is -1.39. The molecule has 1 heterocycles. The lowest BCUT2D eigenvalue weighted by Gasteiger charge is -2.44. The van der Waals surface area contributed by atoms with Gasteiger partial charge in [-0.05, 0) is 27.7 Å². The highest BCUT2D eigenvalue weighted by Gasteiger charge is 2.57. The molecule has 0 unspecified atom stereocenters. The van der Waals surface area contributed by atoms with Crippen LogP contribution in [-0.4, -0.2) is 33.3 Å². The first-order valence-electron chi connectivity index (χ1n) is 5.96. The van der Waals surface area contributed by atoms with Crippen LogP contribution in [0.2, 0.25) is 0 Å². The standard InChI is InChI=1S/C13H21NO4/c1-11(2)7-8(15)14(9(11)16)13(5,6)12(3,4)10(17)18/h7H2,1-6H3,(H,17,18). The summed E-state index contributed by atoms with van der Waals surface area (Å²) in [5.74, 6) is -1.63. The minimum absolute atomic E-state index is 0.130. The third kappa shape index (κ3) is 1.82. The Bertz CT molecular complexity index is 421. The number of likely N-dealkylation sites (tertiary alicyclic amines) is 1. The van der Waals surface area contributed by atoms with E-state index in [1.54, 1.807) is 27.7 Å². The van der Waals surface area contributed by atoms with Crippen LogP contribution in [0.3, 0.4) is 0 Å². The second-order valence-electron chi connectivity index (χ2n) is 6.58. The normalized spacial score (nSPS) is 20.4. The fourth-order valence-electron chi connectivity index (χ4n) is 2.06. The number of carbonyl (C=O) groups excluding carboxylic acids is 2. The summed E-state index contributed by atoms with van der Waals surface area (Å²) in [7, 11) is 0. The molecule has 102 valence electrons. The van der Waals surface area contributed by atoms with Gasteiger partial charge in [0, 0.05) is 6.42 Å². The minimum Gasteiger partial charge on any atom is -0.481 e. The summed E-state index contributed by atoms with van der Waals surface area (Å²) < 4.78 is 0. The Kier molecular flexibility index (Phi) is 3.10. The molecule has 1 N–H and O–H groups in total. The summed E-state index contributed by atoms with van der Waals surface area (Å²) in [6.07, 6.45) is 0.130. The number of hydrogen-bond donors (Lipinski definition) is 1. The Balaban J connectivity index is 3.26. The highest BCUT2D eigenvalue weighted by molar-refractivity contribution is 6.06. The molecule has 1 aliphatic rings. The maximum atomic E-state index is 12.3. The van der Waals surface area contributed by atoms with E-state index in [1.165, 1.54) is 13.8 Å². The molecule has 5 nitrogen and oxygen atoms in total.